The largest absolute Gasteiger partial charge is 0.490 e. The van der Waals surface area contributed by atoms with Crippen molar-refractivity contribution >= 4 is 35.6 Å². The Morgan fingerprint density at radius 3 is 2.65 bits per heavy atom. The zero-order chi connectivity index (χ0) is 18.6. The Morgan fingerprint density at radius 2 is 2.04 bits per heavy atom. The van der Waals surface area contributed by atoms with E-state index in [1.165, 1.54) is 6.92 Å². The summed E-state index contributed by atoms with van der Waals surface area (Å²) in [6, 6.07) is 3.45. The lowest BCUT2D eigenvalue weighted by molar-refractivity contribution is -0.116. The van der Waals surface area contributed by atoms with Crippen LogP contribution in [0.5, 0.6) is 5.75 Å². The number of hydrogen-bond acceptors (Lipinski definition) is 5. The molecule has 0 radical (unpaired) electrons. The van der Waals surface area contributed by atoms with Gasteiger partial charge in [-0.1, -0.05) is 0 Å². The molecule has 2 amide bonds. The molecular formula is C18H28ClN3O4. The van der Waals surface area contributed by atoms with Crippen molar-refractivity contribution in [2.45, 2.75) is 52.2 Å². The molecule has 0 spiro atoms. The molecule has 2 rings (SSSR count). The van der Waals surface area contributed by atoms with Crippen molar-refractivity contribution in [1.82, 2.24) is 5.32 Å². The monoisotopic (exact) mass is 385 g/mol. The molecule has 0 saturated carbocycles. The minimum absolute atomic E-state index is 0. The Bertz CT molecular complexity index is 659. The number of halogens is 1. The number of β-amino-alcohol motifs (C(OH)–C–C–N with tert-alkyl or cyclic N) is 1. The standard InChI is InChI=1S/C18H27N3O4.ClH/c1-11(22)20-14-6-7-15(13-5-8-16(24)21-17(13)14)25-10-12(23)9-19-18(2,3)4;/h6-7,12,19,23H,5,8-10H2,1-4H3,(H,20,22)(H,21,24);1H. The van der Waals surface area contributed by atoms with Crippen molar-refractivity contribution in [3.05, 3.63) is 17.7 Å². The molecule has 1 aliphatic heterocycles. The minimum Gasteiger partial charge on any atom is -0.490 e. The highest BCUT2D eigenvalue weighted by molar-refractivity contribution is 6.02. The molecule has 1 atom stereocenters. The van der Waals surface area contributed by atoms with Gasteiger partial charge in [0, 0.05) is 31.0 Å². The highest BCUT2D eigenvalue weighted by atomic mass is 35.5. The Labute approximate surface area is 160 Å². The first-order valence-electron chi connectivity index (χ1n) is 8.45. The van der Waals surface area contributed by atoms with Crippen molar-refractivity contribution in [1.29, 1.82) is 0 Å². The van der Waals surface area contributed by atoms with Gasteiger partial charge in [-0.05, 0) is 39.3 Å². The Kier molecular flexibility index (Phi) is 7.87. The number of carbonyl (C=O) groups excluding carboxylic acids is 2. The van der Waals surface area contributed by atoms with Crippen LogP contribution in [0.25, 0.3) is 0 Å². The average molecular weight is 386 g/mol. The molecule has 7 nitrogen and oxygen atoms in total. The molecule has 1 aromatic rings. The summed E-state index contributed by atoms with van der Waals surface area (Å²) in [6.07, 6.45) is 0.240. The van der Waals surface area contributed by atoms with Gasteiger partial charge in [-0.15, -0.1) is 12.4 Å². The third-order valence-electron chi connectivity index (χ3n) is 3.75. The highest BCUT2D eigenvalue weighted by Gasteiger charge is 2.23. The van der Waals surface area contributed by atoms with E-state index in [1.54, 1.807) is 12.1 Å². The van der Waals surface area contributed by atoms with E-state index < -0.39 is 6.10 Å². The molecule has 8 heteroatoms. The highest BCUT2D eigenvalue weighted by Crippen LogP contribution is 2.37. The molecule has 0 bridgehead atoms. The van der Waals surface area contributed by atoms with Crippen LogP contribution in [0, 0.1) is 0 Å². The van der Waals surface area contributed by atoms with E-state index in [1.807, 2.05) is 20.8 Å². The maximum atomic E-state index is 11.7. The summed E-state index contributed by atoms with van der Waals surface area (Å²) in [5, 5.41) is 18.8. The molecule has 1 aliphatic rings. The zero-order valence-electron chi connectivity index (χ0n) is 15.6. The number of aliphatic hydroxyl groups is 1. The number of carbonyl (C=O) groups is 2. The first-order valence-corrected chi connectivity index (χ1v) is 8.45. The number of hydrogen-bond donors (Lipinski definition) is 4. The van der Waals surface area contributed by atoms with Crippen LogP contribution in [-0.4, -0.2) is 41.7 Å². The van der Waals surface area contributed by atoms with Crippen molar-refractivity contribution in [3.8, 4) is 5.75 Å². The number of anilines is 2. The Morgan fingerprint density at radius 1 is 1.35 bits per heavy atom. The van der Waals surface area contributed by atoms with E-state index >= 15 is 0 Å². The second-order valence-electron chi connectivity index (χ2n) is 7.29. The fourth-order valence-electron chi connectivity index (χ4n) is 2.56. The van der Waals surface area contributed by atoms with Gasteiger partial charge in [0.15, 0.2) is 0 Å². The van der Waals surface area contributed by atoms with Crippen LogP contribution in [-0.2, 0) is 16.0 Å². The van der Waals surface area contributed by atoms with Gasteiger partial charge in [0.1, 0.15) is 18.5 Å². The van der Waals surface area contributed by atoms with Crippen molar-refractivity contribution in [2.24, 2.45) is 0 Å². The van der Waals surface area contributed by atoms with Gasteiger partial charge in [0.25, 0.3) is 0 Å². The van der Waals surface area contributed by atoms with Crippen LogP contribution in [0.4, 0.5) is 11.4 Å². The number of rotatable bonds is 6. The van der Waals surface area contributed by atoms with Gasteiger partial charge in [-0.2, -0.15) is 0 Å². The summed E-state index contributed by atoms with van der Waals surface area (Å²) in [7, 11) is 0. The van der Waals surface area contributed by atoms with E-state index in [0.29, 0.717) is 36.5 Å². The maximum absolute atomic E-state index is 11.7. The normalized spacial score (nSPS) is 14.6. The van der Waals surface area contributed by atoms with Gasteiger partial charge in [0.05, 0.1) is 11.4 Å². The van der Waals surface area contributed by atoms with Crippen LogP contribution in [0.15, 0.2) is 12.1 Å². The molecule has 0 saturated heterocycles. The number of benzene rings is 1. The summed E-state index contributed by atoms with van der Waals surface area (Å²) < 4.78 is 5.77. The Balaban J connectivity index is 0.00000338. The van der Waals surface area contributed by atoms with E-state index in [9.17, 15) is 14.7 Å². The smallest absolute Gasteiger partial charge is 0.224 e. The van der Waals surface area contributed by atoms with E-state index in [2.05, 4.69) is 16.0 Å². The topological polar surface area (TPSA) is 99.7 Å². The number of aliphatic hydroxyl groups excluding tert-OH is 1. The molecule has 146 valence electrons. The average Bonchev–Trinajstić information content (AvgIpc) is 2.51. The van der Waals surface area contributed by atoms with Crippen LogP contribution < -0.4 is 20.7 Å². The SMILES string of the molecule is CC(=O)Nc1ccc(OCC(O)CNC(C)(C)C)c2c1NC(=O)CC2.Cl. The summed E-state index contributed by atoms with van der Waals surface area (Å²) in [5.74, 6) is 0.309. The first kappa shape index (κ1) is 22.2. The molecule has 1 aromatic carbocycles. The van der Waals surface area contributed by atoms with E-state index in [-0.39, 0.29) is 36.4 Å². The van der Waals surface area contributed by atoms with Gasteiger partial charge in [0.2, 0.25) is 11.8 Å². The van der Waals surface area contributed by atoms with Crippen molar-refractivity contribution in [2.75, 3.05) is 23.8 Å². The van der Waals surface area contributed by atoms with Crippen molar-refractivity contribution < 1.29 is 19.4 Å². The fraction of sp³-hybridized carbons (Fsp3) is 0.556. The third-order valence-corrected chi connectivity index (χ3v) is 3.75. The van der Waals surface area contributed by atoms with Crippen LogP contribution >= 0.6 is 12.4 Å². The van der Waals surface area contributed by atoms with Crippen molar-refractivity contribution in [3.63, 3.8) is 0 Å². The lowest BCUT2D eigenvalue weighted by Crippen LogP contribution is -2.42. The second-order valence-corrected chi connectivity index (χ2v) is 7.29. The summed E-state index contributed by atoms with van der Waals surface area (Å²) in [4.78, 5) is 23.0. The summed E-state index contributed by atoms with van der Waals surface area (Å²) in [6.45, 7) is 8.07. The van der Waals surface area contributed by atoms with E-state index in [4.69, 9.17) is 4.74 Å². The quantitative estimate of drug-likeness (QED) is 0.600. The number of amides is 2. The third kappa shape index (κ3) is 6.48. The first-order chi connectivity index (χ1) is 11.7. The summed E-state index contributed by atoms with van der Waals surface area (Å²) in [5.41, 5.74) is 1.88. The molecule has 0 fully saturated rings. The fourth-order valence-corrected chi connectivity index (χ4v) is 2.56. The Hall–Kier alpha value is -1.83. The van der Waals surface area contributed by atoms with E-state index in [0.717, 1.165) is 5.56 Å². The number of nitrogens with one attached hydrogen (secondary N) is 3. The lowest BCUT2D eigenvalue weighted by atomic mass is 10.0. The number of fused-ring (bicyclic) bond motifs is 1. The predicted molar refractivity (Wildman–Crippen MR) is 104 cm³/mol. The minimum atomic E-state index is -0.650. The molecule has 1 heterocycles. The van der Waals surface area contributed by atoms with Gasteiger partial charge < -0.3 is 25.8 Å². The van der Waals surface area contributed by atoms with Gasteiger partial charge in [-0.3, -0.25) is 9.59 Å². The molecular weight excluding hydrogens is 358 g/mol. The lowest BCUT2D eigenvalue weighted by Gasteiger charge is -2.25. The molecule has 0 aliphatic carbocycles. The molecule has 0 aromatic heterocycles. The van der Waals surface area contributed by atoms with Gasteiger partial charge >= 0.3 is 0 Å². The van der Waals surface area contributed by atoms with Gasteiger partial charge in [-0.25, -0.2) is 0 Å². The molecule has 4 N–H and O–H groups in total. The van der Waals surface area contributed by atoms with Crippen LogP contribution in [0.3, 0.4) is 0 Å². The zero-order valence-corrected chi connectivity index (χ0v) is 16.5. The molecule has 26 heavy (non-hydrogen) atoms. The maximum Gasteiger partial charge on any atom is 0.224 e. The number of ether oxygens (including phenoxy) is 1. The second kappa shape index (κ2) is 9.21. The predicted octanol–water partition coefficient (Wildman–Crippen LogP) is 2.08. The summed E-state index contributed by atoms with van der Waals surface area (Å²) >= 11 is 0. The van der Waals surface area contributed by atoms with Crippen LogP contribution in [0.2, 0.25) is 0 Å². The molecule has 1 unspecified atom stereocenters. The van der Waals surface area contributed by atoms with Crippen LogP contribution in [0.1, 0.15) is 39.7 Å².